The lowest BCUT2D eigenvalue weighted by Gasteiger charge is -2.23. The van der Waals surface area contributed by atoms with E-state index in [1.54, 1.807) is 12.1 Å². The smallest absolute Gasteiger partial charge is 0.204 e. The molecular weight excluding hydrogens is 510 g/mol. The van der Waals surface area contributed by atoms with Crippen molar-refractivity contribution in [1.82, 2.24) is 30.2 Å². The first-order valence-corrected chi connectivity index (χ1v) is 13.0. The van der Waals surface area contributed by atoms with Crippen LogP contribution in [0.4, 0.5) is 8.78 Å². The number of ether oxygens (including phenoxy) is 1. The second-order valence-corrected chi connectivity index (χ2v) is 10.1. The molecule has 1 aliphatic carbocycles. The largest absolute Gasteiger partial charge is 0.488 e. The Morgan fingerprint density at radius 3 is 2.66 bits per heavy atom. The molecule has 3 aromatic carbocycles. The van der Waals surface area contributed by atoms with Crippen LogP contribution in [0.3, 0.4) is 0 Å². The van der Waals surface area contributed by atoms with Crippen LogP contribution >= 0.6 is 11.6 Å². The number of nitrogens with one attached hydrogen (secondary N) is 1. The molecule has 0 bridgehead atoms. The lowest BCUT2D eigenvalue weighted by molar-refractivity contribution is 0.306. The van der Waals surface area contributed by atoms with Crippen LogP contribution in [0, 0.1) is 17.6 Å². The van der Waals surface area contributed by atoms with E-state index in [0.717, 1.165) is 30.0 Å². The Bertz CT molecular complexity index is 1580. The number of halogens is 3. The Balaban J connectivity index is 1.37. The van der Waals surface area contributed by atoms with Gasteiger partial charge in [0, 0.05) is 29.3 Å². The lowest BCUT2D eigenvalue weighted by atomic mass is 9.89. The fourth-order valence-corrected chi connectivity index (χ4v) is 5.35. The topological polar surface area (TPSA) is 81.5 Å². The van der Waals surface area contributed by atoms with E-state index in [0.29, 0.717) is 51.5 Å². The predicted molar refractivity (Wildman–Crippen MR) is 141 cm³/mol. The summed E-state index contributed by atoms with van der Waals surface area (Å²) in [5.41, 5.74) is 3.39. The number of imidazole rings is 1. The molecule has 2 aromatic heterocycles. The molecule has 7 nitrogen and oxygen atoms in total. The van der Waals surface area contributed by atoms with Crippen molar-refractivity contribution in [3.63, 3.8) is 0 Å². The number of benzene rings is 3. The van der Waals surface area contributed by atoms with Crippen LogP contribution in [0.25, 0.3) is 33.8 Å². The summed E-state index contributed by atoms with van der Waals surface area (Å²) in [5.74, 6) is 0.262. The molecule has 5 aromatic rings. The second kappa shape index (κ2) is 10.5. The fourth-order valence-electron chi connectivity index (χ4n) is 5.18. The average Bonchev–Trinajstić information content (AvgIpc) is 3.58. The van der Waals surface area contributed by atoms with Crippen molar-refractivity contribution in [1.29, 1.82) is 0 Å². The van der Waals surface area contributed by atoms with Crippen LogP contribution in [0.5, 0.6) is 5.75 Å². The number of nitrogens with zero attached hydrogens (tertiary/aromatic N) is 5. The first-order chi connectivity index (χ1) is 18.5. The highest BCUT2D eigenvalue weighted by Gasteiger charge is 2.22. The number of tetrazole rings is 1. The molecule has 0 saturated heterocycles. The number of hydrogen-bond donors (Lipinski definition) is 1. The number of H-pyrrole nitrogens is 1. The third-order valence-electron chi connectivity index (χ3n) is 7.07. The van der Waals surface area contributed by atoms with Gasteiger partial charge in [-0.1, -0.05) is 49.1 Å². The highest BCUT2D eigenvalue weighted by atomic mass is 35.5. The minimum absolute atomic E-state index is 0.255. The molecule has 10 heteroatoms. The van der Waals surface area contributed by atoms with Crippen molar-refractivity contribution in [2.75, 3.05) is 0 Å². The second-order valence-electron chi connectivity index (χ2n) is 9.67. The van der Waals surface area contributed by atoms with E-state index >= 15 is 0 Å². The highest BCUT2D eigenvalue weighted by Crippen LogP contribution is 2.37. The van der Waals surface area contributed by atoms with E-state index in [-0.39, 0.29) is 6.61 Å². The third kappa shape index (κ3) is 4.98. The summed E-state index contributed by atoms with van der Waals surface area (Å²) in [4.78, 5) is 4.75. The number of fused-ring (bicyclic) bond motifs is 1. The maximum absolute atomic E-state index is 14.3. The standard InChI is InChI=1S/C28H25ClF2N6O/c29-20-9-10-21(26(12-20)38-16-18-7-4-8-19(11-18)27-33-35-36-34-27)28-32-24-13-22(30)23(31)14-25(24)37(28)15-17-5-2-1-3-6-17/h4,7-14,17H,1-3,5-6,15-16H2,(H,33,34,35,36). The molecule has 0 atom stereocenters. The van der Waals surface area contributed by atoms with Crippen molar-refractivity contribution >= 4 is 22.6 Å². The van der Waals surface area contributed by atoms with E-state index in [1.165, 1.54) is 25.3 Å². The molecule has 2 heterocycles. The van der Waals surface area contributed by atoms with Crippen molar-refractivity contribution in [3.8, 4) is 28.5 Å². The quantitative estimate of drug-likeness (QED) is 0.244. The van der Waals surface area contributed by atoms with Crippen LogP contribution in [0.1, 0.15) is 37.7 Å². The zero-order valence-electron chi connectivity index (χ0n) is 20.5. The number of rotatable bonds is 7. The van der Waals surface area contributed by atoms with Gasteiger partial charge in [-0.2, -0.15) is 5.21 Å². The maximum atomic E-state index is 14.3. The van der Waals surface area contributed by atoms with Crippen molar-refractivity contribution in [2.24, 2.45) is 5.92 Å². The molecule has 1 saturated carbocycles. The van der Waals surface area contributed by atoms with Gasteiger partial charge < -0.3 is 9.30 Å². The van der Waals surface area contributed by atoms with E-state index in [1.807, 2.05) is 34.9 Å². The molecule has 6 rings (SSSR count). The summed E-state index contributed by atoms with van der Waals surface area (Å²) in [5, 5.41) is 14.6. The average molecular weight is 535 g/mol. The third-order valence-corrected chi connectivity index (χ3v) is 7.30. The van der Waals surface area contributed by atoms with E-state index < -0.39 is 11.6 Å². The molecule has 0 aliphatic heterocycles. The SMILES string of the molecule is Fc1cc2nc(-c3ccc(Cl)cc3OCc3cccc(-c4nn[nH]n4)c3)n(CC3CCCCC3)c2cc1F. The molecule has 1 fully saturated rings. The van der Waals surface area contributed by atoms with Crippen LogP contribution in [-0.2, 0) is 13.2 Å². The minimum Gasteiger partial charge on any atom is -0.488 e. The van der Waals surface area contributed by atoms with Gasteiger partial charge in [0.1, 0.15) is 18.2 Å². The number of aromatic amines is 1. The maximum Gasteiger partial charge on any atom is 0.204 e. The Labute approximate surface area is 222 Å². The summed E-state index contributed by atoms with van der Waals surface area (Å²) in [6.45, 7) is 0.927. The van der Waals surface area contributed by atoms with Crippen LogP contribution in [-0.4, -0.2) is 30.2 Å². The Hall–Kier alpha value is -3.85. The summed E-state index contributed by atoms with van der Waals surface area (Å²) in [7, 11) is 0. The van der Waals surface area contributed by atoms with E-state index in [2.05, 4.69) is 20.6 Å². The molecule has 0 radical (unpaired) electrons. The van der Waals surface area contributed by atoms with Gasteiger partial charge in [-0.05, 0) is 53.8 Å². The lowest BCUT2D eigenvalue weighted by Crippen LogP contribution is -2.15. The normalized spacial score (nSPS) is 14.3. The van der Waals surface area contributed by atoms with Gasteiger partial charge in [-0.25, -0.2) is 13.8 Å². The molecule has 0 amide bonds. The van der Waals surface area contributed by atoms with E-state index in [4.69, 9.17) is 21.3 Å². The van der Waals surface area contributed by atoms with Gasteiger partial charge in [0.15, 0.2) is 11.6 Å². The van der Waals surface area contributed by atoms with Gasteiger partial charge in [-0.3, -0.25) is 0 Å². The Kier molecular flexibility index (Phi) is 6.76. The number of hydrogen-bond acceptors (Lipinski definition) is 5. The number of aromatic nitrogens is 6. The molecule has 38 heavy (non-hydrogen) atoms. The first-order valence-electron chi connectivity index (χ1n) is 12.7. The molecule has 0 spiro atoms. The van der Waals surface area contributed by atoms with Gasteiger partial charge in [-0.15, -0.1) is 10.2 Å². The van der Waals surface area contributed by atoms with Crippen molar-refractivity contribution < 1.29 is 13.5 Å². The van der Waals surface area contributed by atoms with Gasteiger partial charge >= 0.3 is 0 Å². The molecule has 1 aliphatic rings. The fraction of sp³-hybridized carbons (Fsp3) is 0.286. The molecule has 1 N–H and O–H groups in total. The van der Waals surface area contributed by atoms with Crippen LogP contribution < -0.4 is 4.74 Å². The predicted octanol–water partition coefficient (Wildman–Crippen LogP) is 6.97. The molecular formula is C28H25ClF2N6O. The summed E-state index contributed by atoms with van der Waals surface area (Å²) in [6.07, 6.45) is 5.78. The first kappa shape index (κ1) is 24.5. The molecule has 194 valence electrons. The van der Waals surface area contributed by atoms with Crippen molar-refractivity contribution in [2.45, 2.75) is 45.3 Å². The summed E-state index contributed by atoms with van der Waals surface area (Å²) < 4.78 is 36.7. The molecule has 0 unspecified atom stereocenters. The monoisotopic (exact) mass is 534 g/mol. The Morgan fingerprint density at radius 2 is 1.84 bits per heavy atom. The summed E-state index contributed by atoms with van der Waals surface area (Å²) in [6, 6.07) is 15.4. The Morgan fingerprint density at radius 1 is 1.00 bits per heavy atom. The van der Waals surface area contributed by atoms with Gasteiger partial charge in [0.2, 0.25) is 5.82 Å². The van der Waals surface area contributed by atoms with Crippen LogP contribution in [0.15, 0.2) is 54.6 Å². The van der Waals surface area contributed by atoms with Crippen LogP contribution in [0.2, 0.25) is 5.02 Å². The van der Waals surface area contributed by atoms with Gasteiger partial charge in [0.05, 0.1) is 16.6 Å². The summed E-state index contributed by atoms with van der Waals surface area (Å²) >= 11 is 6.36. The van der Waals surface area contributed by atoms with Gasteiger partial charge in [0.25, 0.3) is 0 Å². The zero-order valence-corrected chi connectivity index (χ0v) is 21.3. The van der Waals surface area contributed by atoms with Crippen molar-refractivity contribution in [3.05, 3.63) is 76.8 Å². The highest BCUT2D eigenvalue weighted by molar-refractivity contribution is 6.30. The zero-order chi connectivity index (χ0) is 26.1. The van der Waals surface area contributed by atoms with E-state index in [9.17, 15) is 8.78 Å². The minimum atomic E-state index is -0.916.